The third kappa shape index (κ3) is 7.08. The molecule has 1 aliphatic rings. The summed E-state index contributed by atoms with van der Waals surface area (Å²) in [4.78, 5) is 26.6. The van der Waals surface area contributed by atoms with Crippen LogP contribution in [0.4, 0.5) is 26.2 Å². The normalized spacial score (nSPS) is 14.7. The minimum atomic E-state index is -0.944. The number of urea groups is 1. The molecule has 0 bridgehead atoms. The smallest absolute Gasteiger partial charge is 0.323 e. The van der Waals surface area contributed by atoms with E-state index in [0.717, 1.165) is 24.1 Å². The van der Waals surface area contributed by atoms with E-state index in [4.69, 9.17) is 14.2 Å². The molecule has 0 radical (unpaired) electrons. The minimum Gasteiger partial charge on any atom is -0.497 e. The van der Waals surface area contributed by atoms with E-state index in [1.54, 1.807) is 12.1 Å². The highest BCUT2D eigenvalue weighted by molar-refractivity contribution is 6.02. The number of carboxylic acid groups (broad SMARTS) is 1. The Kier molecular flexibility index (Phi) is 9.89. The molecule has 0 aliphatic carbocycles. The van der Waals surface area contributed by atoms with Crippen LogP contribution in [0.2, 0.25) is 0 Å². The number of carboxylic acids is 1. The van der Waals surface area contributed by atoms with Crippen LogP contribution in [0.3, 0.4) is 0 Å². The van der Waals surface area contributed by atoms with E-state index in [-0.39, 0.29) is 24.8 Å². The monoisotopic (exact) mass is 503 g/mol. The zero-order valence-electron chi connectivity index (χ0n) is 20.9. The Balaban J connectivity index is 1.93. The van der Waals surface area contributed by atoms with Crippen LogP contribution in [-0.4, -0.2) is 63.7 Å². The maximum atomic E-state index is 14.4. The molecule has 0 unspecified atom stereocenters. The van der Waals surface area contributed by atoms with Crippen molar-refractivity contribution in [1.29, 1.82) is 0 Å². The number of nitrogens with one attached hydrogen (secondary N) is 2. The topological polar surface area (TPSA) is 109 Å². The van der Waals surface area contributed by atoms with Crippen molar-refractivity contribution in [3.05, 3.63) is 47.8 Å². The van der Waals surface area contributed by atoms with Gasteiger partial charge in [0.05, 0.1) is 37.2 Å². The number of hydrogen-bond acceptors (Lipinski definition) is 6. The van der Waals surface area contributed by atoms with Gasteiger partial charge in [0.1, 0.15) is 11.6 Å². The van der Waals surface area contributed by atoms with Crippen LogP contribution in [-0.2, 0) is 14.3 Å². The summed E-state index contributed by atoms with van der Waals surface area (Å²) in [5.41, 5.74) is 2.02. The van der Waals surface area contributed by atoms with Crippen molar-refractivity contribution in [1.82, 2.24) is 0 Å². The Morgan fingerprint density at radius 1 is 1.14 bits per heavy atom. The second kappa shape index (κ2) is 13.1. The number of carbonyl (C=O) groups is 2. The van der Waals surface area contributed by atoms with Gasteiger partial charge in [0, 0.05) is 44.9 Å². The van der Waals surface area contributed by atoms with E-state index in [1.165, 1.54) is 26.4 Å². The van der Waals surface area contributed by atoms with Crippen LogP contribution in [0.5, 0.6) is 5.75 Å². The van der Waals surface area contributed by atoms with Crippen molar-refractivity contribution >= 4 is 29.1 Å². The van der Waals surface area contributed by atoms with Crippen molar-refractivity contribution in [2.45, 2.75) is 38.1 Å². The summed E-state index contributed by atoms with van der Waals surface area (Å²) in [5, 5.41) is 14.8. The fourth-order valence-electron chi connectivity index (χ4n) is 4.47. The number of ether oxygens (including phenoxy) is 3. The molecule has 9 nitrogen and oxygen atoms in total. The first-order valence-corrected chi connectivity index (χ1v) is 12.0. The predicted molar refractivity (Wildman–Crippen MR) is 136 cm³/mol. The largest absolute Gasteiger partial charge is 0.497 e. The summed E-state index contributed by atoms with van der Waals surface area (Å²) < 4.78 is 30.2. The number of nitrogens with zero attached hydrogens (tertiary/aromatic N) is 1. The van der Waals surface area contributed by atoms with Crippen molar-refractivity contribution in [3.63, 3.8) is 0 Å². The number of methoxy groups -OCH3 is 2. The van der Waals surface area contributed by atoms with E-state index in [9.17, 15) is 19.1 Å². The lowest BCUT2D eigenvalue weighted by Gasteiger charge is -2.36. The molecule has 36 heavy (non-hydrogen) atoms. The van der Waals surface area contributed by atoms with Crippen molar-refractivity contribution < 1.29 is 33.3 Å². The Bertz CT molecular complexity index is 1040. The molecular formula is C26H34FN3O6. The summed E-state index contributed by atoms with van der Waals surface area (Å²) in [6.07, 6.45) is 1.58. The number of aliphatic carboxylic acids is 1. The van der Waals surface area contributed by atoms with Crippen LogP contribution in [0, 0.1) is 5.82 Å². The molecule has 10 heteroatoms. The van der Waals surface area contributed by atoms with Crippen molar-refractivity contribution in [2.75, 3.05) is 56.1 Å². The second-order valence-corrected chi connectivity index (χ2v) is 8.58. The Hall–Kier alpha value is -3.37. The number of hydrogen-bond donors (Lipinski definition) is 3. The molecule has 0 aromatic heterocycles. The van der Waals surface area contributed by atoms with Gasteiger partial charge in [-0.15, -0.1) is 0 Å². The SMILES string of the molecule is CCN(c1ccc([C@@H](COC)CC(=O)O)cc1NC(=O)Nc1ccc(OC)cc1F)C1CCOCC1. The first-order valence-electron chi connectivity index (χ1n) is 12.0. The standard InChI is InChI=1S/C26H34FN3O6/c1-4-30(19-9-11-36-12-10-19)24-8-5-17(18(16-34-2)14-25(31)32)13-23(24)29-26(33)28-22-7-6-20(35-3)15-21(22)27/h5-8,13,15,18-19H,4,9-12,14,16H2,1-3H3,(H,31,32)(H2,28,29,33)/t18-/m1/s1. The van der Waals surface area contributed by atoms with E-state index >= 15 is 0 Å². The Labute approximate surface area is 210 Å². The third-order valence-electron chi connectivity index (χ3n) is 6.24. The van der Waals surface area contributed by atoms with E-state index in [1.807, 2.05) is 19.1 Å². The van der Waals surface area contributed by atoms with Crippen LogP contribution in [0.15, 0.2) is 36.4 Å². The van der Waals surface area contributed by atoms with Gasteiger partial charge in [-0.3, -0.25) is 4.79 Å². The van der Waals surface area contributed by atoms with Gasteiger partial charge >= 0.3 is 12.0 Å². The van der Waals surface area contributed by atoms with Gasteiger partial charge in [-0.05, 0) is 49.6 Å². The number of carbonyl (C=O) groups excluding carboxylic acids is 1. The number of rotatable bonds is 11. The highest BCUT2D eigenvalue weighted by Crippen LogP contribution is 2.34. The summed E-state index contributed by atoms with van der Waals surface area (Å²) in [6.45, 7) is 4.27. The van der Waals surface area contributed by atoms with Crippen LogP contribution in [0.25, 0.3) is 0 Å². The zero-order chi connectivity index (χ0) is 26.1. The van der Waals surface area contributed by atoms with E-state index in [0.29, 0.717) is 31.2 Å². The molecular weight excluding hydrogens is 469 g/mol. The van der Waals surface area contributed by atoms with Gasteiger partial charge in [-0.1, -0.05) is 6.07 Å². The van der Waals surface area contributed by atoms with Crippen molar-refractivity contribution in [2.24, 2.45) is 0 Å². The number of benzene rings is 2. The molecule has 1 saturated heterocycles. The predicted octanol–water partition coefficient (Wildman–Crippen LogP) is 4.69. The summed E-state index contributed by atoms with van der Waals surface area (Å²) in [6, 6.07) is 9.30. The molecule has 0 spiro atoms. The van der Waals surface area contributed by atoms with Crippen molar-refractivity contribution in [3.8, 4) is 5.75 Å². The van der Waals surface area contributed by atoms with Crippen LogP contribution < -0.4 is 20.3 Å². The zero-order valence-corrected chi connectivity index (χ0v) is 20.9. The molecule has 1 heterocycles. The van der Waals surface area contributed by atoms with Crippen LogP contribution >= 0.6 is 0 Å². The van der Waals surface area contributed by atoms with Gasteiger partial charge in [0.15, 0.2) is 0 Å². The molecule has 3 rings (SSSR count). The third-order valence-corrected chi connectivity index (χ3v) is 6.24. The summed E-state index contributed by atoms with van der Waals surface area (Å²) >= 11 is 0. The highest BCUT2D eigenvalue weighted by atomic mass is 19.1. The molecule has 196 valence electrons. The maximum Gasteiger partial charge on any atom is 0.323 e. The quantitative estimate of drug-likeness (QED) is 0.408. The average Bonchev–Trinajstić information content (AvgIpc) is 2.86. The van der Waals surface area contributed by atoms with Gasteiger partial charge in [-0.25, -0.2) is 9.18 Å². The summed E-state index contributed by atoms with van der Waals surface area (Å²) in [5.74, 6) is -1.63. The van der Waals surface area contributed by atoms with Gasteiger partial charge < -0.3 is 34.9 Å². The van der Waals surface area contributed by atoms with Crippen LogP contribution in [0.1, 0.15) is 37.7 Å². The molecule has 3 N–H and O–H groups in total. The number of amides is 2. The maximum absolute atomic E-state index is 14.4. The average molecular weight is 504 g/mol. The molecule has 1 atom stereocenters. The summed E-state index contributed by atoms with van der Waals surface area (Å²) in [7, 11) is 2.95. The lowest BCUT2D eigenvalue weighted by molar-refractivity contribution is -0.137. The molecule has 1 aliphatic heterocycles. The molecule has 1 fully saturated rings. The molecule has 2 aromatic carbocycles. The fourth-order valence-corrected chi connectivity index (χ4v) is 4.47. The highest BCUT2D eigenvalue weighted by Gasteiger charge is 2.25. The Morgan fingerprint density at radius 3 is 2.47 bits per heavy atom. The first-order chi connectivity index (χ1) is 17.4. The second-order valence-electron chi connectivity index (χ2n) is 8.58. The number of anilines is 3. The minimum absolute atomic E-state index is 0.00548. The van der Waals surface area contributed by atoms with Gasteiger partial charge in [0.25, 0.3) is 0 Å². The first kappa shape index (κ1) is 27.2. The van der Waals surface area contributed by atoms with E-state index in [2.05, 4.69) is 15.5 Å². The van der Waals surface area contributed by atoms with E-state index < -0.39 is 23.7 Å². The molecule has 2 aromatic rings. The lowest BCUT2D eigenvalue weighted by atomic mass is 9.95. The van der Waals surface area contributed by atoms with Gasteiger partial charge in [0.2, 0.25) is 0 Å². The lowest BCUT2D eigenvalue weighted by Crippen LogP contribution is -2.40. The molecule has 0 saturated carbocycles. The fraction of sp³-hybridized carbons (Fsp3) is 0.462. The number of halogens is 1. The Morgan fingerprint density at radius 2 is 1.86 bits per heavy atom. The molecule has 2 amide bonds. The van der Waals surface area contributed by atoms with Gasteiger partial charge in [-0.2, -0.15) is 0 Å².